The lowest BCUT2D eigenvalue weighted by atomic mass is 10.1. The van der Waals surface area contributed by atoms with Gasteiger partial charge in [-0.3, -0.25) is 14.3 Å². The third-order valence-electron chi connectivity index (χ3n) is 5.52. The first kappa shape index (κ1) is 24.1. The number of ether oxygens (including phenoxy) is 1. The maximum Gasteiger partial charge on any atom is 0.244 e. The van der Waals surface area contributed by atoms with Crippen LogP contribution in [-0.2, 0) is 16.1 Å². The highest BCUT2D eigenvalue weighted by atomic mass is 19.1. The Hall–Kier alpha value is -4.02. The monoisotopic (exact) mass is 481 g/mol. The minimum atomic E-state index is -0.528. The van der Waals surface area contributed by atoms with Crippen LogP contribution in [0.5, 0.6) is 5.75 Å². The van der Waals surface area contributed by atoms with Crippen LogP contribution in [0.25, 0.3) is 0 Å². The molecule has 3 heterocycles. The van der Waals surface area contributed by atoms with E-state index in [0.717, 1.165) is 31.0 Å². The molecule has 184 valence electrons. The topological polar surface area (TPSA) is 114 Å². The number of amides is 2. The first-order valence-electron chi connectivity index (χ1n) is 11.5. The first-order chi connectivity index (χ1) is 16.9. The van der Waals surface area contributed by atoms with E-state index in [1.165, 1.54) is 16.4 Å². The van der Waals surface area contributed by atoms with E-state index in [4.69, 9.17) is 4.74 Å². The number of carbonyl (C=O) groups is 2. The summed E-state index contributed by atoms with van der Waals surface area (Å²) in [7, 11) is 0. The van der Waals surface area contributed by atoms with Gasteiger partial charge in [-0.1, -0.05) is 17.7 Å². The minimum Gasteiger partial charge on any atom is -0.489 e. The first-order valence-corrected chi connectivity index (χ1v) is 11.5. The van der Waals surface area contributed by atoms with Gasteiger partial charge in [-0.15, -0.1) is 0 Å². The Balaban J connectivity index is 1.21. The Bertz CT molecular complexity index is 1130. The van der Waals surface area contributed by atoms with Crippen molar-refractivity contribution in [1.29, 1.82) is 0 Å². The van der Waals surface area contributed by atoms with Gasteiger partial charge in [0.15, 0.2) is 5.82 Å². The van der Waals surface area contributed by atoms with Crippen LogP contribution in [0.15, 0.2) is 49.1 Å². The van der Waals surface area contributed by atoms with Gasteiger partial charge in [0, 0.05) is 25.7 Å². The van der Waals surface area contributed by atoms with E-state index in [0.29, 0.717) is 18.8 Å². The largest absolute Gasteiger partial charge is 0.489 e. The fraction of sp³-hybridized carbons (Fsp3) is 0.375. The lowest BCUT2D eigenvalue weighted by Crippen LogP contribution is -2.45. The summed E-state index contributed by atoms with van der Waals surface area (Å²) in [5.41, 5.74) is 1.67. The molecule has 0 saturated carbocycles. The average molecular weight is 482 g/mol. The third kappa shape index (κ3) is 7.23. The van der Waals surface area contributed by atoms with E-state index in [1.54, 1.807) is 11.1 Å². The van der Waals surface area contributed by atoms with Crippen molar-refractivity contribution >= 4 is 23.5 Å². The highest BCUT2D eigenvalue weighted by Crippen LogP contribution is 2.19. The highest BCUT2D eigenvalue weighted by molar-refractivity contribution is 5.90. The van der Waals surface area contributed by atoms with Gasteiger partial charge < -0.3 is 20.3 Å². The molecule has 0 unspecified atom stereocenters. The Labute approximate surface area is 202 Å². The van der Waals surface area contributed by atoms with Crippen LogP contribution in [0.3, 0.4) is 0 Å². The summed E-state index contributed by atoms with van der Waals surface area (Å²) < 4.78 is 20.4. The lowest BCUT2D eigenvalue weighted by Gasteiger charge is -2.33. The molecule has 11 heteroatoms. The number of piperidine rings is 1. The van der Waals surface area contributed by atoms with Gasteiger partial charge in [-0.25, -0.2) is 14.4 Å². The Morgan fingerprint density at radius 3 is 2.71 bits per heavy atom. The molecule has 1 aromatic carbocycles. The van der Waals surface area contributed by atoms with E-state index in [1.807, 2.05) is 31.2 Å². The van der Waals surface area contributed by atoms with Gasteiger partial charge >= 0.3 is 0 Å². The molecule has 1 atom stereocenters. The number of hydrogen-bond acceptors (Lipinski definition) is 7. The average Bonchev–Trinajstić information content (AvgIpc) is 3.28. The number of carbonyl (C=O) groups excluding carboxylic acids is 2. The van der Waals surface area contributed by atoms with Crippen molar-refractivity contribution in [2.45, 2.75) is 38.8 Å². The summed E-state index contributed by atoms with van der Waals surface area (Å²) in [6, 6.07) is 7.90. The smallest absolute Gasteiger partial charge is 0.244 e. The summed E-state index contributed by atoms with van der Waals surface area (Å²) in [5, 5.41) is 9.77. The number of halogens is 1. The highest BCUT2D eigenvalue weighted by Gasteiger charge is 2.25. The molecule has 1 fully saturated rings. The van der Waals surface area contributed by atoms with Gasteiger partial charge in [0.25, 0.3) is 0 Å². The fourth-order valence-corrected chi connectivity index (χ4v) is 3.74. The number of likely N-dealkylation sites (tertiary alicyclic amines) is 1. The van der Waals surface area contributed by atoms with Gasteiger partial charge in [0.1, 0.15) is 18.4 Å². The summed E-state index contributed by atoms with van der Waals surface area (Å²) in [4.78, 5) is 34.3. The van der Waals surface area contributed by atoms with Crippen LogP contribution < -0.4 is 15.4 Å². The van der Waals surface area contributed by atoms with E-state index in [2.05, 4.69) is 25.7 Å². The molecule has 0 aliphatic carbocycles. The Kier molecular flexibility index (Phi) is 7.86. The molecule has 3 aromatic rings. The molecule has 1 aliphatic rings. The van der Waals surface area contributed by atoms with Crippen molar-refractivity contribution in [3.63, 3.8) is 0 Å². The SMILES string of the molecule is Cc1ccc(O[C@@H]2CCCN(C(=O)Cn3cc(NC(=O)CCNc4ncc(F)cn4)cn3)C2)cc1. The quantitative estimate of drug-likeness (QED) is 0.483. The maximum absolute atomic E-state index is 12.8. The third-order valence-corrected chi connectivity index (χ3v) is 5.52. The molecule has 4 rings (SSSR count). The van der Waals surface area contributed by atoms with E-state index in [-0.39, 0.29) is 43.4 Å². The van der Waals surface area contributed by atoms with Crippen LogP contribution in [0.4, 0.5) is 16.0 Å². The minimum absolute atomic E-state index is 0.0446. The molecule has 1 aliphatic heterocycles. The summed E-state index contributed by atoms with van der Waals surface area (Å²) in [5.74, 6) is 0.237. The molecular formula is C24H28FN7O3. The number of hydrogen-bond donors (Lipinski definition) is 2. The maximum atomic E-state index is 12.8. The summed E-state index contributed by atoms with van der Waals surface area (Å²) in [6.07, 6.45) is 7.10. The number of anilines is 2. The van der Waals surface area contributed by atoms with Crippen LogP contribution >= 0.6 is 0 Å². The Morgan fingerprint density at radius 2 is 1.94 bits per heavy atom. The number of aromatic nitrogens is 4. The number of benzene rings is 1. The van der Waals surface area contributed by atoms with Gasteiger partial charge in [0.05, 0.1) is 30.8 Å². The molecule has 10 nitrogen and oxygen atoms in total. The number of aryl methyl sites for hydroxylation is 1. The zero-order chi connectivity index (χ0) is 24.6. The predicted molar refractivity (Wildman–Crippen MR) is 127 cm³/mol. The molecule has 0 bridgehead atoms. The van der Waals surface area contributed by atoms with Crippen molar-refractivity contribution < 1.29 is 18.7 Å². The number of rotatable bonds is 9. The second-order valence-corrected chi connectivity index (χ2v) is 8.41. The Morgan fingerprint density at radius 1 is 1.17 bits per heavy atom. The van der Waals surface area contributed by atoms with Gasteiger partial charge in [-0.2, -0.15) is 5.10 Å². The van der Waals surface area contributed by atoms with Crippen molar-refractivity contribution in [2.24, 2.45) is 0 Å². The fourth-order valence-electron chi connectivity index (χ4n) is 3.74. The van der Waals surface area contributed by atoms with Crippen LogP contribution in [0, 0.1) is 12.7 Å². The molecule has 1 saturated heterocycles. The zero-order valence-electron chi connectivity index (χ0n) is 19.5. The van der Waals surface area contributed by atoms with Crippen molar-refractivity contribution in [1.82, 2.24) is 24.6 Å². The van der Waals surface area contributed by atoms with E-state index < -0.39 is 5.82 Å². The molecule has 2 N–H and O–H groups in total. The van der Waals surface area contributed by atoms with Crippen LogP contribution in [0.1, 0.15) is 24.8 Å². The molecule has 2 amide bonds. The number of nitrogens with one attached hydrogen (secondary N) is 2. The second kappa shape index (κ2) is 11.4. The normalized spacial score (nSPS) is 15.5. The zero-order valence-corrected chi connectivity index (χ0v) is 19.5. The summed E-state index contributed by atoms with van der Waals surface area (Å²) >= 11 is 0. The van der Waals surface area contributed by atoms with Crippen LogP contribution in [0.2, 0.25) is 0 Å². The van der Waals surface area contributed by atoms with Crippen molar-refractivity contribution in [2.75, 3.05) is 30.3 Å². The molecular weight excluding hydrogens is 453 g/mol. The summed E-state index contributed by atoms with van der Waals surface area (Å²) in [6.45, 7) is 3.60. The van der Waals surface area contributed by atoms with Crippen molar-refractivity contribution in [3.05, 3.63) is 60.4 Å². The van der Waals surface area contributed by atoms with E-state index in [9.17, 15) is 14.0 Å². The lowest BCUT2D eigenvalue weighted by molar-refractivity contribution is -0.134. The predicted octanol–water partition coefficient (Wildman–Crippen LogP) is 2.63. The van der Waals surface area contributed by atoms with Crippen LogP contribution in [-0.4, -0.2) is 62.2 Å². The van der Waals surface area contributed by atoms with Crippen molar-refractivity contribution in [3.8, 4) is 5.75 Å². The van der Waals surface area contributed by atoms with Gasteiger partial charge in [0.2, 0.25) is 17.8 Å². The molecule has 35 heavy (non-hydrogen) atoms. The number of nitrogens with zero attached hydrogens (tertiary/aromatic N) is 5. The molecule has 2 aromatic heterocycles. The standard InChI is InChI=1S/C24H28FN7O3/c1-17-4-6-20(7-5-17)35-21-3-2-10-31(15-21)23(34)16-32-14-19(13-29-32)30-22(33)8-9-26-24-27-11-18(25)12-28-24/h4-7,11-14,21H,2-3,8-10,15-16H2,1H3,(H,30,33)(H,26,27,28)/t21-/m1/s1. The van der Waals surface area contributed by atoms with E-state index >= 15 is 0 Å². The molecule has 0 spiro atoms. The van der Waals surface area contributed by atoms with Gasteiger partial charge in [-0.05, 0) is 31.9 Å². The second-order valence-electron chi connectivity index (χ2n) is 8.41. The molecule has 0 radical (unpaired) electrons.